The van der Waals surface area contributed by atoms with E-state index in [1.165, 1.54) is 24.3 Å². The molecule has 0 unspecified atom stereocenters. The summed E-state index contributed by atoms with van der Waals surface area (Å²) in [6.07, 6.45) is -4.71. The Balaban J connectivity index is 2.61. The van der Waals surface area contributed by atoms with Crippen molar-refractivity contribution in [1.82, 2.24) is 9.78 Å². The summed E-state index contributed by atoms with van der Waals surface area (Å²) in [5.74, 6) is -1.53. The Hall–Kier alpha value is -2.51. The van der Waals surface area contributed by atoms with E-state index in [4.69, 9.17) is 10.8 Å². The van der Waals surface area contributed by atoms with Crippen LogP contribution in [0.5, 0.6) is 0 Å². The van der Waals surface area contributed by atoms with Crippen molar-refractivity contribution in [3.05, 3.63) is 41.7 Å². The van der Waals surface area contributed by atoms with Gasteiger partial charge < -0.3 is 10.8 Å². The van der Waals surface area contributed by atoms with Gasteiger partial charge in [0.1, 0.15) is 5.69 Å². The van der Waals surface area contributed by atoms with Gasteiger partial charge in [0.05, 0.1) is 5.69 Å². The molecule has 0 amide bonds. The van der Waals surface area contributed by atoms with E-state index in [0.717, 1.165) is 0 Å². The molecule has 0 aliphatic carbocycles. The molecule has 2 rings (SSSR count). The molecule has 1 aromatic carbocycles. The molecule has 2 aromatic rings. The first-order chi connectivity index (χ1) is 8.79. The van der Waals surface area contributed by atoms with Gasteiger partial charge in [0.2, 0.25) is 0 Å². The van der Waals surface area contributed by atoms with E-state index in [-0.39, 0.29) is 5.69 Å². The number of nitrogens with two attached hydrogens (primary N) is 1. The van der Waals surface area contributed by atoms with Crippen molar-refractivity contribution >= 4 is 11.7 Å². The third kappa shape index (κ3) is 2.51. The first-order valence-electron chi connectivity index (χ1n) is 5.05. The highest BCUT2D eigenvalue weighted by Gasteiger charge is 2.37. The standard InChI is InChI=1S/C11H8F3N3O2/c12-11(13,14)9-5-8(10(18)19)16-17(9)7-3-1-6(15)2-4-7/h1-5H,15H2,(H,18,19). The molecule has 8 heteroatoms. The molecule has 0 radical (unpaired) electrons. The van der Waals surface area contributed by atoms with Crippen LogP contribution < -0.4 is 5.73 Å². The van der Waals surface area contributed by atoms with Crippen molar-refractivity contribution in [1.29, 1.82) is 0 Å². The van der Waals surface area contributed by atoms with Crippen LogP contribution in [-0.4, -0.2) is 20.9 Å². The van der Waals surface area contributed by atoms with Crippen molar-refractivity contribution < 1.29 is 23.1 Å². The van der Waals surface area contributed by atoms with E-state index in [9.17, 15) is 18.0 Å². The zero-order chi connectivity index (χ0) is 14.2. The number of halogens is 3. The van der Waals surface area contributed by atoms with E-state index in [0.29, 0.717) is 16.4 Å². The maximum atomic E-state index is 12.8. The molecule has 100 valence electrons. The summed E-state index contributed by atoms with van der Waals surface area (Å²) in [6.45, 7) is 0. The molecule has 0 fully saturated rings. The zero-order valence-corrected chi connectivity index (χ0v) is 9.35. The van der Waals surface area contributed by atoms with Crippen LogP contribution in [0.15, 0.2) is 30.3 Å². The molecule has 0 spiro atoms. The molecule has 1 aromatic heterocycles. The first kappa shape index (κ1) is 12.9. The Bertz CT molecular complexity index is 617. The van der Waals surface area contributed by atoms with Gasteiger partial charge in [0.25, 0.3) is 0 Å². The summed E-state index contributed by atoms with van der Waals surface area (Å²) in [5, 5.41) is 12.1. The summed E-state index contributed by atoms with van der Waals surface area (Å²) >= 11 is 0. The average Bonchev–Trinajstić information content (AvgIpc) is 2.74. The average molecular weight is 271 g/mol. The number of hydrogen-bond donors (Lipinski definition) is 2. The molecule has 0 saturated heterocycles. The van der Waals surface area contributed by atoms with Crippen LogP contribution in [0, 0.1) is 0 Å². The molecular formula is C11H8F3N3O2. The Morgan fingerprint density at radius 1 is 1.26 bits per heavy atom. The number of carboxylic acids is 1. The topological polar surface area (TPSA) is 81.1 Å². The highest BCUT2D eigenvalue weighted by Crippen LogP contribution is 2.31. The smallest absolute Gasteiger partial charge is 0.433 e. The summed E-state index contributed by atoms with van der Waals surface area (Å²) < 4.78 is 39.0. The minimum atomic E-state index is -4.71. The summed E-state index contributed by atoms with van der Waals surface area (Å²) in [5.41, 5.74) is 4.06. The first-order valence-corrected chi connectivity index (χ1v) is 5.05. The third-order valence-corrected chi connectivity index (χ3v) is 2.36. The van der Waals surface area contributed by atoms with Gasteiger partial charge in [-0.05, 0) is 24.3 Å². The molecule has 5 nitrogen and oxygen atoms in total. The van der Waals surface area contributed by atoms with Crippen LogP contribution in [0.1, 0.15) is 16.2 Å². The largest absolute Gasteiger partial charge is 0.476 e. The van der Waals surface area contributed by atoms with Gasteiger partial charge >= 0.3 is 12.1 Å². The van der Waals surface area contributed by atoms with E-state index >= 15 is 0 Å². The normalized spacial score (nSPS) is 11.5. The number of nitrogen functional groups attached to an aromatic ring is 1. The van der Waals surface area contributed by atoms with Gasteiger partial charge in [-0.3, -0.25) is 0 Å². The number of alkyl halides is 3. The van der Waals surface area contributed by atoms with Gasteiger partial charge in [-0.15, -0.1) is 0 Å². The molecule has 1 heterocycles. The highest BCUT2D eigenvalue weighted by atomic mass is 19.4. The van der Waals surface area contributed by atoms with Crippen LogP contribution in [0.2, 0.25) is 0 Å². The van der Waals surface area contributed by atoms with Crippen LogP contribution >= 0.6 is 0 Å². The van der Waals surface area contributed by atoms with Crippen LogP contribution in [0.25, 0.3) is 5.69 Å². The Morgan fingerprint density at radius 3 is 2.32 bits per heavy atom. The summed E-state index contributed by atoms with van der Waals surface area (Å²) in [4.78, 5) is 10.7. The van der Waals surface area contributed by atoms with Crippen molar-refractivity contribution in [3.8, 4) is 5.69 Å². The van der Waals surface area contributed by atoms with Gasteiger partial charge in [0.15, 0.2) is 5.69 Å². The molecule has 0 saturated carbocycles. The van der Waals surface area contributed by atoms with E-state index in [2.05, 4.69) is 5.10 Å². The second kappa shape index (κ2) is 4.30. The molecule has 0 aliphatic heterocycles. The SMILES string of the molecule is Nc1ccc(-n2nc(C(=O)O)cc2C(F)(F)F)cc1. The molecule has 3 N–H and O–H groups in total. The Labute approximate surface area is 105 Å². The van der Waals surface area contributed by atoms with E-state index in [1.807, 2.05) is 0 Å². The maximum absolute atomic E-state index is 12.8. The minimum absolute atomic E-state index is 0.0778. The minimum Gasteiger partial charge on any atom is -0.476 e. The highest BCUT2D eigenvalue weighted by molar-refractivity contribution is 5.85. The monoisotopic (exact) mass is 271 g/mol. The second-order valence-electron chi connectivity index (χ2n) is 3.72. The lowest BCUT2D eigenvalue weighted by Crippen LogP contribution is -2.13. The third-order valence-electron chi connectivity index (χ3n) is 2.36. The lowest BCUT2D eigenvalue weighted by atomic mass is 10.3. The number of aromatic nitrogens is 2. The second-order valence-corrected chi connectivity index (χ2v) is 3.72. The Morgan fingerprint density at radius 2 is 1.84 bits per heavy atom. The number of hydrogen-bond acceptors (Lipinski definition) is 3. The number of rotatable bonds is 2. The van der Waals surface area contributed by atoms with Crippen molar-refractivity contribution in [3.63, 3.8) is 0 Å². The van der Waals surface area contributed by atoms with Gasteiger partial charge in [-0.25, -0.2) is 9.48 Å². The number of carbonyl (C=O) groups is 1. The number of benzene rings is 1. The summed E-state index contributed by atoms with van der Waals surface area (Å²) in [6, 6.07) is 5.93. The van der Waals surface area contributed by atoms with Gasteiger partial charge in [0, 0.05) is 11.8 Å². The molecule has 0 atom stereocenters. The van der Waals surface area contributed by atoms with E-state index < -0.39 is 23.5 Å². The van der Waals surface area contributed by atoms with Crippen LogP contribution in [0.4, 0.5) is 18.9 Å². The lowest BCUT2D eigenvalue weighted by Gasteiger charge is -2.10. The quantitative estimate of drug-likeness (QED) is 0.820. The fraction of sp³-hybridized carbons (Fsp3) is 0.0909. The maximum Gasteiger partial charge on any atom is 0.433 e. The molecule has 0 bridgehead atoms. The summed E-state index contributed by atoms with van der Waals surface area (Å²) in [7, 11) is 0. The van der Waals surface area contributed by atoms with Crippen LogP contribution in [-0.2, 0) is 6.18 Å². The van der Waals surface area contributed by atoms with Gasteiger partial charge in [-0.1, -0.05) is 0 Å². The number of anilines is 1. The van der Waals surface area contributed by atoms with E-state index in [1.54, 1.807) is 0 Å². The fourth-order valence-electron chi connectivity index (χ4n) is 1.50. The predicted octanol–water partition coefficient (Wildman–Crippen LogP) is 2.17. The lowest BCUT2D eigenvalue weighted by molar-refractivity contribution is -0.142. The van der Waals surface area contributed by atoms with Crippen molar-refractivity contribution in [2.75, 3.05) is 5.73 Å². The van der Waals surface area contributed by atoms with Crippen molar-refractivity contribution in [2.24, 2.45) is 0 Å². The number of nitrogens with zero attached hydrogens (tertiary/aromatic N) is 2. The number of carboxylic acid groups (broad SMARTS) is 1. The molecule has 19 heavy (non-hydrogen) atoms. The fourth-order valence-corrected chi connectivity index (χ4v) is 1.50. The zero-order valence-electron chi connectivity index (χ0n) is 9.35. The molecular weight excluding hydrogens is 263 g/mol. The number of aromatic carboxylic acids is 1. The molecule has 0 aliphatic rings. The predicted molar refractivity (Wildman–Crippen MR) is 59.9 cm³/mol. The Kier molecular flexibility index (Phi) is 2.93. The van der Waals surface area contributed by atoms with Gasteiger partial charge in [-0.2, -0.15) is 18.3 Å². The van der Waals surface area contributed by atoms with Crippen molar-refractivity contribution in [2.45, 2.75) is 6.18 Å². The van der Waals surface area contributed by atoms with Crippen LogP contribution in [0.3, 0.4) is 0 Å².